The standard InChI is InChI=1S/C23H24N6O3/c1-12-10-29(11-15(24)21(12)30)17-5-6-26-9-16(17)28-23(31)19-20-18(32-22(19)25)7-14(8-27-20)13-3-2-4-13/h2-9,12,15,21,30H,10-11,24-25H2,1H3,(H,28,31). The fourth-order valence-electron chi connectivity index (χ4n) is 4.21. The Morgan fingerprint density at radius 1 is 1.34 bits per heavy atom. The summed E-state index contributed by atoms with van der Waals surface area (Å²) in [4.78, 5) is 23.8. The average molecular weight is 432 g/mol. The van der Waals surface area contributed by atoms with Crippen molar-refractivity contribution < 1.29 is 14.3 Å². The largest absolute Gasteiger partial charge is 0.438 e. The van der Waals surface area contributed by atoms with Crippen molar-refractivity contribution in [2.45, 2.75) is 19.1 Å². The average Bonchev–Trinajstić information content (AvgIpc) is 3.06. The lowest BCUT2D eigenvalue weighted by Gasteiger charge is -2.40. The first kappa shape index (κ1) is 20.2. The van der Waals surface area contributed by atoms with Gasteiger partial charge in [-0.25, -0.2) is 0 Å². The second-order valence-electron chi connectivity index (χ2n) is 8.28. The predicted octanol–water partition coefficient (Wildman–Crippen LogP) is 2.15. The first-order valence-corrected chi connectivity index (χ1v) is 10.4. The van der Waals surface area contributed by atoms with Crippen molar-refractivity contribution in [1.82, 2.24) is 9.97 Å². The Kier molecular flexibility index (Phi) is 4.91. The Hall–Kier alpha value is -3.69. The highest BCUT2D eigenvalue weighted by atomic mass is 16.3. The molecule has 6 N–H and O–H groups in total. The maximum absolute atomic E-state index is 13.2. The number of nitrogens with two attached hydrogens (primary N) is 2. The number of pyridine rings is 2. The zero-order valence-electron chi connectivity index (χ0n) is 17.5. The molecule has 3 atom stereocenters. The lowest BCUT2D eigenvalue weighted by molar-refractivity contribution is 0.0785. The van der Waals surface area contributed by atoms with Crippen molar-refractivity contribution in [2.75, 3.05) is 29.0 Å². The van der Waals surface area contributed by atoms with Crippen LogP contribution in [0, 0.1) is 5.92 Å². The van der Waals surface area contributed by atoms with E-state index < -0.39 is 12.0 Å². The quantitative estimate of drug-likeness (QED) is 0.491. The van der Waals surface area contributed by atoms with E-state index in [-0.39, 0.29) is 23.4 Å². The molecule has 164 valence electrons. The van der Waals surface area contributed by atoms with E-state index in [0.29, 0.717) is 29.9 Å². The molecule has 9 heteroatoms. The highest BCUT2D eigenvalue weighted by molar-refractivity contribution is 6.15. The summed E-state index contributed by atoms with van der Waals surface area (Å²) in [6.45, 7) is 3.01. The zero-order valence-corrected chi connectivity index (χ0v) is 17.5. The number of amides is 1. The van der Waals surface area contributed by atoms with Gasteiger partial charge in [-0.05, 0) is 17.7 Å². The number of hydrogen-bond donors (Lipinski definition) is 4. The number of nitrogens with zero attached hydrogens (tertiary/aromatic N) is 3. The molecular weight excluding hydrogens is 408 g/mol. The van der Waals surface area contributed by atoms with E-state index in [1.165, 1.54) is 0 Å². The molecule has 4 heterocycles. The number of fused-ring (bicyclic) bond motifs is 1. The molecule has 1 amide bonds. The van der Waals surface area contributed by atoms with Crippen molar-refractivity contribution in [1.29, 1.82) is 0 Å². The maximum Gasteiger partial charge on any atom is 0.263 e. The van der Waals surface area contributed by atoms with Crippen LogP contribution >= 0.6 is 0 Å². The van der Waals surface area contributed by atoms with Gasteiger partial charge in [0.1, 0.15) is 11.1 Å². The molecule has 0 spiro atoms. The van der Waals surface area contributed by atoms with Gasteiger partial charge in [-0.3, -0.25) is 14.8 Å². The number of carbonyl (C=O) groups is 1. The second kappa shape index (κ2) is 7.77. The van der Waals surface area contributed by atoms with Crippen molar-refractivity contribution >= 4 is 39.8 Å². The van der Waals surface area contributed by atoms with Crippen LogP contribution < -0.4 is 21.7 Å². The number of anilines is 3. The normalized spacial score (nSPS) is 22.5. The van der Waals surface area contributed by atoms with Gasteiger partial charge in [-0.15, -0.1) is 0 Å². The fraction of sp³-hybridized carbons (Fsp3) is 0.261. The molecule has 1 aliphatic heterocycles. The molecule has 9 nitrogen and oxygen atoms in total. The number of aliphatic hydroxyl groups excluding tert-OH is 1. The van der Waals surface area contributed by atoms with E-state index in [0.717, 1.165) is 16.8 Å². The van der Waals surface area contributed by atoms with E-state index in [4.69, 9.17) is 15.9 Å². The van der Waals surface area contributed by atoms with Crippen LogP contribution in [-0.4, -0.2) is 46.2 Å². The highest BCUT2D eigenvalue weighted by Crippen LogP contribution is 2.33. The van der Waals surface area contributed by atoms with Crippen molar-refractivity contribution in [2.24, 2.45) is 11.7 Å². The number of carbonyl (C=O) groups excluding carboxylic acids is 1. The number of furan rings is 1. The molecule has 1 fully saturated rings. The minimum Gasteiger partial charge on any atom is -0.438 e. The van der Waals surface area contributed by atoms with Gasteiger partial charge in [0, 0.05) is 43.0 Å². The Morgan fingerprint density at radius 3 is 2.88 bits per heavy atom. The topological polar surface area (TPSA) is 144 Å². The van der Waals surface area contributed by atoms with Crippen molar-refractivity contribution in [3.05, 3.63) is 60.1 Å². The third-order valence-electron chi connectivity index (χ3n) is 6.02. The minimum absolute atomic E-state index is 0.00228. The van der Waals surface area contributed by atoms with Gasteiger partial charge >= 0.3 is 0 Å². The van der Waals surface area contributed by atoms with Crippen LogP contribution in [-0.2, 0) is 0 Å². The molecule has 3 unspecified atom stereocenters. The number of hydrogen-bond acceptors (Lipinski definition) is 8. The van der Waals surface area contributed by atoms with Crippen LogP contribution in [0.1, 0.15) is 22.8 Å². The summed E-state index contributed by atoms with van der Waals surface area (Å²) in [6, 6.07) is 3.25. The van der Waals surface area contributed by atoms with Gasteiger partial charge in [0.25, 0.3) is 5.91 Å². The molecule has 32 heavy (non-hydrogen) atoms. The van der Waals surface area contributed by atoms with E-state index >= 15 is 0 Å². The summed E-state index contributed by atoms with van der Waals surface area (Å²) in [6.07, 6.45) is 10.2. The predicted molar refractivity (Wildman–Crippen MR) is 123 cm³/mol. The summed E-state index contributed by atoms with van der Waals surface area (Å²) in [7, 11) is 0. The molecule has 0 saturated carbocycles. The number of allylic oxidation sites excluding steroid dienone is 4. The SMILES string of the molecule is CC1CN(c2ccncc2NC(=O)c2c(N)oc3cc(C4=CC=C4)cnc23)CC(N)C1O. The molecule has 0 aromatic carbocycles. The third-order valence-corrected chi connectivity index (χ3v) is 6.02. The molecule has 3 aromatic heterocycles. The molecule has 2 aliphatic rings. The van der Waals surface area contributed by atoms with Gasteiger partial charge < -0.3 is 31.2 Å². The number of nitrogens with one attached hydrogen (secondary N) is 1. The molecule has 1 aliphatic carbocycles. The first-order valence-electron chi connectivity index (χ1n) is 10.4. The van der Waals surface area contributed by atoms with E-state index in [1.54, 1.807) is 18.6 Å². The minimum atomic E-state index is -0.564. The number of aromatic nitrogens is 2. The zero-order chi connectivity index (χ0) is 22.4. The van der Waals surface area contributed by atoms with Gasteiger partial charge in [0.2, 0.25) is 5.88 Å². The highest BCUT2D eigenvalue weighted by Gasteiger charge is 2.32. The number of rotatable bonds is 4. The Labute approximate surface area is 184 Å². The molecule has 0 bridgehead atoms. The molecule has 1 saturated heterocycles. The van der Waals surface area contributed by atoms with Gasteiger partial charge in [-0.2, -0.15) is 0 Å². The molecular formula is C23H24N6O3. The second-order valence-corrected chi connectivity index (χ2v) is 8.28. The number of aliphatic hydroxyl groups is 1. The summed E-state index contributed by atoms with van der Waals surface area (Å²) in [5, 5.41) is 13.1. The first-order chi connectivity index (χ1) is 15.4. The van der Waals surface area contributed by atoms with E-state index in [9.17, 15) is 9.90 Å². The van der Waals surface area contributed by atoms with Crippen molar-refractivity contribution in [3.8, 4) is 0 Å². The third kappa shape index (κ3) is 3.41. The van der Waals surface area contributed by atoms with Crippen LogP contribution in [0.3, 0.4) is 0 Å². The van der Waals surface area contributed by atoms with E-state index in [2.05, 4.69) is 15.3 Å². The summed E-state index contributed by atoms with van der Waals surface area (Å²) in [5.74, 6) is -0.446. The Balaban J connectivity index is 1.44. The van der Waals surface area contributed by atoms with Crippen molar-refractivity contribution in [3.63, 3.8) is 0 Å². The van der Waals surface area contributed by atoms with Crippen LogP contribution in [0.5, 0.6) is 0 Å². The van der Waals surface area contributed by atoms with Gasteiger partial charge in [-0.1, -0.05) is 25.2 Å². The lowest BCUT2D eigenvalue weighted by Crippen LogP contribution is -2.55. The van der Waals surface area contributed by atoms with Crippen LogP contribution in [0.4, 0.5) is 17.3 Å². The molecule has 3 aromatic rings. The lowest BCUT2D eigenvalue weighted by atomic mass is 9.92. The Bertz CT molecular complexity index is 1250. The summed E-state index contributed by atoms with van der Waals surface area (Å²) >= 11 is 0. The van der Waals surface area contributed by atoms with Gasteiger partial charge in [0.15, 0.2) is 5.58 Å². The van der Waals surface area contributed by atoms with Gasteiger partial charge in [0.05, 0.1) is 23.7 Å². The van der Waals surface area contributed by atoms with E-state index in [1.807, 2.05) is 42.2 Å². The smallest absolute Gasteiger partial charge is 0.263 e. The molecule has 0 radical (unpaired) electrons. The molecule has 5 rings (SSSR count). The Morgan fingerprint density at radius 2 is 2.16 bits per heavy atom. The maximum atomic E-state index is 13.2. The summed E-state index contributed by atoms with van der Waals surface area (Å²) < 4.78 is 5.64. The number of nitrogen functional groups attached to an aromatic ring is 1. The fourth-order valence-corrected chi connectivity index (χ4v) is 4.21. The summed E-state index contributed by atoms with van der Waals surface area (Å²) in [5.41, 5.74) is 16.4. The van der Waals surface area contributed by atoms with Crippen LogP contribution in [0.2, 0.25) is 0 Å². The number of piperidine rings is 1. The van der Waals surface area contributed by atoms with Crippen LogP contribution in [0.15, 0.2) is 53.4 Å². The van der Waals surface area contributed by atoms with Crippen LogP contribution in [0.25, 0.3) is 16.7 Å². The monoisotopic (exact) mass is 432 g/mol.